The van der Waals surface area contributed by atoms with Gasteiger partial charge in [0.05, 0.1) is 0 Å². The first-order valence-electron chi connectivity index (χ1n) is 11.4. The number of carbonyl (C=O) groups excluding carboxylic acids is 2. The van der Waals surface area contributed by atoms with E-state index < -0.39 is 11.9 Å². The monoisotopic (exact) mass is 552 g/mol. The standard InChI is InChI=1S/C32H24O4Se/c1-23-9-5-11-27(21-23)15-17-31-29(13-7-19-35-25(3)33)30(14-8-20-36-26(4)34)32(37-31)18-16-28-12-6-10-24(2)22-28/h5-6,9-12,21-22H,19-20H2,1-4H3. The van der Waals surface area contributed by atoms with E-state index in [-0.39, 0.29) is 27.7 Å². The van der Waals surface area contributed by atoms with Crippen LogP contribution in [0.3, 0.4) is 0 Å². The van der Waals surface area contributed by atoms with E-state index in [9.17, 15) is 9.59 Å². The van der Waals surface area contributed by atoms with Gasteiger partial charge in [-0.25, -0.2) is 0 Å². The molecule has 1 aromatic heterocycles. The van der Waals surface area contributed by atoms with Gasteiger partial charge in [-0.3, -0.25) is 0 Å². The molecule has 0 amide bonds. The van der Waals surface area contributed by atoms with E-state index in [2.05, 4.69) is 47.4 Å². The van der Waals surface area contributed by atoms with Gasteiger partial charge < -0.3 is 0 Å². The Balaban J connectivity index is 2.14. The predicted octanol–water partition coefficient (Wildman–Crippen LogP) is 3.99. The van der Waals surface area contributed by atoms with Crippen LogP contribution in [0, 0.1) is 61.2 Å². The predicted molar refractivity (Wildman–Crippen MR) is 145 cm³/mol. The molecule has 0 aliphatic heterocycles. The third kappa shape index (κ3) is 8.97. The van der Waals surface area contributed by atoms with Crippen molar-refractivity contribution in [1.29, 1.82) is 0 Å². The summed E-state index contributed by atoms with van der Waals surface area (Å²) in [5, 5.41) is 0. The molecule has 182 valence electrons. The van der Waals surface area contributed by atoms with Crippen LogP contribution in [-0.2, 0) is 19.1 Å². The molecule has 0 aliphatic carbocycles. The molecule has 0 saturated heterocycles. The summed E-state index contributed by atoms with van der Waals surface area (Å²) in [6.45, 7) is 6.64. The molecule has 0 spiro atoms. The van der Waals surface area contributed by atoms with Crippen LogP contribution in [0.5, 0.6) is 0 Å². The van der Waals surface area contributed by atoms with E-state index in [1.807, 2.05) is 62.4 Å². The molecular formula is C32H24O4Se. The second-order valence-corrected chi connectivity index (χ2v) is 10.1. The van der Waals surface area contributed by atoms with Crippen LogP contribution in [-0.4, -0.2) is 39.7 Å². The van der Waals surface area contributed by atoms with Crippen molar-refractivity contribution >= 4 is 26.4 Å². The average Bonchev–Trinajstić information content (AvgIpc) is 3.18. The van der Waals surface area contributed by atoms with Crippen molar-refractivity contribution in [2.24, 2.45) is 0 Å². The first-order valence-corrected chi connectivity index (χ1v) is 13.1. The summed E-state index contributed by atoms with van der Waals surface area (Å²) in [5.74, 6) is 24.2. The molecular weight excluding hydrogens is 527 g/mol. The van der Waals surface area contributed by atoms with Gasteiger partial charge in [-0.1, -0.05) is 0 Å². The molecule has 0 radical (unpaired) electrons. The number of hydrogen-bond donors (Lipinski definition) is 0. The Morgan fingerprint density at radius 1 is 0.676 bits per heavy atom. The topological polar surface area (TPSA) is 52.6 Å². The zero-order valence-electron chi connectivity index (χ0n) is 21.1. The molecule has 2 aromatic carbocycles. The second kappa shape index (κ2) is 13.6. The normalized spacial score (nSPS) is 9.19. The fourth-order valence-electron chi connectivity index (χ4n) is 3.07. The molecule has 5 heteroatoms. The summed E-state index contributed by atoms with van der Waals surface area (Å²) >= 11 is -0.232. The van der Waals surface area contributed by atoms with Crippen LogP contribution in [0.4, 0.5) is 0 Å². The average molecular weight is 552 g/mol. The third-order valence-corrected chi connectivity index (χ3v) is 6.85. The molecule has 0 atom stereocenters. The number of rotatable bonds is 2. The van der Waals surface area contributed by atoms with Gasteiger partial charge >= 0.3 is 225 Å². The molecule has 0 aliphatic rings. The van der Waals surface area contributed by atoms with Crippen LogP contribution in [0.1, 0.15) is 56.1 Å². The SMILES string of the molecule is CC(=O)OCC#Cc1c(C#Cc2cccc(C)c2)[se]c(C#Cc2cccc(C)c2)c1C#CCOC(C)=O. The number of carbonyl (C=O) groups is 2. The number of aryl methyl sites for hydroxylation is 2. The number of hydrogen-bond acceptors (Lipinski definition) is 4. The summed E-state index contributed by atoms with van der Waals surface area (Å²) in [4.78, 5) is 22.3. The maximum atomic E-state index is 11.2. The minimum absolute atomic E-state index is 0.0388. The quantitative estimate of drug-likeness (QED) is 0.275. The van der Waals surface area contributed by atoms with Crippen molar-refractivity contribution in [1.82, 2.24) is 0 Å². The Kier molecular flexibility index (Phi) is 10.0. The van der Waals surface area contributed by atoms with Crippen LogP contribution >= 0.6 is 0 Å². The molecule has 3 aromatic rings. The molecule has 0 fully saturated rings. The first kappa shape index (κ1) is 27.2. The van der Waals surface area contributed by atoms with Crippen molar-refractivity contribution in [2.75, 3.05) is 13.2 Å². The zero-order valence-corrected chi connectivity index (χ0v) is 22.8. The zero-order chi connectivity index (χ0) is 26.6. The molecule has 4 nitrogen and oxygen atoms in total. The van der Waals surface area contributed by atoms with Gasteiger partial charge in [0, 0.05) is 0 Å². The van der Waals surface area contributed by atoms with E-state index in [0.717, 1.165) is 31.1 Å². The van der Waals surface area contributed by atoms with E-state index >= 15 is 0 Å². The molecule has 1 heterocycles. The van der Waals surface area contributed by atoms with Crippen molar-refractivity contribution in [3.8, 4) is 47.4 Å². The van der Waals surface area contributed by atoms with Crippen LogP contribution in [0.15, 0.2) is 48.5 Å². The number of esters is 2. The maximum absolute atomic E-state index is 11.2. The molecule has 0 unspecified atom stereocenters. The van der Waals surface area contributed by atoms with Gasteiger partial charge in [0.1, 0.15) is 0 Å². The molecule has 0 N–H and O–H groups in total. The van der Waals surface area contributed by atoms with Crippen LogP contribution < -0.4 is 0 Å². The van der Waals surface area contributed by atoms with E-state index in [1.165, 1.54) is 13.8 Å². The molecule has 0 bridgehead atoms. The molecule has 3 rings (SSSR count). The summed E-state index contributed by atoms with van der Waals surface area (Å²) < 4.78 is 11.6. The van der Waals surface area contributed by atoms with Gasteiger partial charge in [0.25, 0.3) is 0 Å². The van der Waals surface area contributed by atoms with E-state index in [1.54, 1.807) is 0 Å². The molecule has 0 saturated carbocycles. The van der Waals surface area contributed by atoms with Crippen molar-refractivity contribution in [3.63, 3.8) is 0 Å². The van der Waals surface area contributed by atoms with Gasteiger partial charge in [-0.2, -0.15) is 0 Å². The first-order chi connectivity index (χ1) is 17.8. The Morgan fingerprint density at radius 3 is 1.49 bits per heavy atom. The van der Waals surface area contributed by atoms with Crippen LogP contribution in [0.2, 0.25) is 0 Å². The Hall–Kier alpha value is -4.38. The minimum atomic E-state index is -0.403. The van der Waals surface area contributed by atoms with E-state index in [0.29, 0.717) is 11.1 Å². The van der Waals surface area contributed by atoms with Crippen molar-refractivity contribution < 1.29 is 19.1 Å². The Labute approximate surface area is 224 Å². The number of benzene rings is 2. The summed E-state index contributed by atoms with van der Waals surface area (Å²) in [6, 6.07) is 15.9. The summed E-state index contributed by atoms with van der Waals surface area (Å²) in [6.07, 6.45) is 0. The van der Waals surface area contributed by atoms with Crippen LogP contribution in [0.25, 0.3) is 0 Å². The van der Waals surface area contributed by atoms with Gasteiger partial charge in [-0.15, -0.1) is 0 Å². The Morgan fingerprint density at radius 2 is 1.11 bits per heavy atom. The van der Waals surface area contributed by atoms with Crippen molar-refractivity contribution in [2.45, 2.75) is 27.7 Å². The van der Waals surface area contributed by atoms with E-state index in [4.69, 9.17) is 9.47 Å². The summed E-state index contributed by atoms with van der Waals surface area (Å²) in [7, 11) is 0. The fourth-order valence-corrected chi connectivity index (χ4v) is 5.00. The van der Waals surface area contributed by atoms with Crippen molar-refractivity contribution in [3.05, 3.63) is 90.8 Å². The van der Waals surface area contributed by atoms with Gasteiger partial charge in [-0.05, 0) is 0 Å². The van der Waals surface area contributed by atoms with Gasteiger partial charge in [0.2, 0.25) is 0 Å². The fraction of sp³-hybridized carbons (Fsp3) is 0.188. The second-order valence-electron chi connectivity index (χ2n) is 7.91. The number of ether oxygens (including phenoxy) is 2. The van der Waals surface area contributed by atoms with Gasteiger partial charge in [0.15, 0.2) is 0 Å². The Bertz CT molecular complexity index is 1460. The third-order valence-electron chi connectivity index (χ3n) is 4.71. The summed E-state index contributed by atoms with van der Waals surface area (Å²) in [5.41, 5.74) is 5.37. The molecule has 37 heavy (non-hydrogen) atoms.